The van der Waals surface area contributed by atoms with Crippen LogP contribution in [0.3, 0.4) is 0 Å². The minimum Gasteiger partial charge on any atom is -0.481 e. The molecule has 1 fully saturated rings. The molecule has 2 aliphatic rings. The summed E-state index contributed by atoms with van der Waals surface area (Å²) in [5, 5.41) is 7.06. The first-order valence-corrected chi connectivity index (χ1v) is 15.1. The Bertz CT molecular complexity index is 1830. The van der Waals surface area contributed by atoms with Crippen LogP contribution in [-0.4, -0.2) is 57.6 Å². The summed E-state index contributed by atoms with van der Waals surface area (Å²) in [6.07, 6.45) is 8.23. The molecule has 12 heteroatoms. The second-order valence-electron chi connectivity index (χ2n) is 11.5. The number of aromatic nitrogens is 3. The molecule has 1 aliphatic heterocycles. The lowest BCUT2D eigenvalue weighted by Gasteiger charge is -2.40. The minimum atomic E-state index is -1.23. The number of likely N-dealkylation sites (N-methyl/N-ethyl adjacent to an activating group) is 1. The highest BCUT2D eigenvalue weighted by molar-refractivity contribution is 6.32. The summed E-state index contributed by atoms with van der Waals surface area (Å²) >= 11 is 6.62. The van der Waals surface area contributed by atoms with E-state index in [1.807, 2.05) is 62.5 Å². The monoisotopic (exact) mass is 632 g/mol. The topological polar surface area (TPSA) is 128 Å². The lowest BCUT2D eigenvalue weighted by Crippen LogP contribution is -2.52. The SMILES string of the molecule is COc1nc(C2(NC(=O)c3cn(C)c(=O)n(C)c3=O)C=CC=C(c3ccccc3Cl)[C@@H]2C)ccc1CNCC1CCC(=O)N1C. The van der Waals surface area contributed by atoms with Crippen LogP contribution in [0, 0.1) is 5.92 Å². The third kappa shape index (κ3) is 5.97. The Hall–Kier alpha value is -4.48. The fraction of sp³-hybridized carbons (Fsp3) is 0.364. The molecule has 45 heavy (non-hydrogen) atoms. The predicted molar refractivity (Wildman–Crippen MR) is 172 cm³/mol. The number of benzene rings is 1. The number of pyridine rings is 1. The quantitative estimate of drug-likeness (QED) is 0.371. The van der Waals surface area contributed by atoms with E-state index < -0.39 is 28.6 Å². The van der Waals surface area contributed by atoms with Gasteiger partial charge in [0.2, 0.25) is 11.8 Å². The highest BCUT2D eigenvalue weighted by atomic mass is 35.5. The molecule has 236 valence electrons. The number of nitrogens with one attached hydrogen (secondary N) is 2. The summed E-state index contributed by atoms with van der Waals surface area (Å²) in [4.78, 5) is 57.8. The minimum absolute atomic E-state index is 0.127. The Morgan fingerprint density at radius 2 is 1.89 bits per heavy atom. The summed E-state index contributed by atoms with van der Waals surface area (Å²) in [6, 6.07) is 11.3. The molecule has 2 aromatic heterocycles. The zero-order valence-electron chi connectivity index (χ0n) is 26.0. The van der Waals surface area contributed by atoms with E-state index in [0.717, 1.165) is 27.7 Å². The highest BCUT2D eigenvalue weighted by Crippen LogP contribution is 2.44. The molecule has 2 N–H and O–H groups in total. The van der Waals surface area contributed by atoms with E-state index in [0.29, 0.717) is 36.1 Å². The first-order valence-electron chi connectivity index (χ1n) is 14.7. The van der Waals surface area contributed by atoms with Crippen LogP contribution < -0.4 is 26.6 Å². The van der Waals surface area contributed by atoms with E-state index in [4.69, 9.17) is 21.3 Å². The molecule has 0 bridgehead atoms. The second-order valence-corrected chi connectivity index (χ2v) is 11.9. The number of likely N-dealkylation sites (tertiary alicyclic amines) is 1. The number of carbonyl (C=O) groups excluding carboxylic acids is 2. The predicted octanol–water partition coefficient (Wildman–Crippen LogP) is 2.77. The fourth-order valence-electron chi connectivity index (χ4n) is 6.08. The highest BCUT2D eigenvalue weighted by Gasteiger charge is 2.43. The van der Waals surface area contributed by atoms with Gasteiger partial charge in [-0.05, 0) is 29.7 Å². The molecular formula is C33H37ClN6O5. The van der Waals surface area contributed by atoms with E-state index in [1.165, 1.54) is 32.0 Å². The molecule has 1 saturated heterocycles. The van der Waals surface area contributed by atoms with Gasteiger partial charge in [0.15, 0.2) is 0 Å². The maximum Gasteiger partial charge on any atom is 0.330 e. The molecule has 2 unspecified atom stereocenters. The molecule has 0 spiro atoms. The van der Waals surface area contributed by atoms with Gasteiger partial charge in [0.1, 0.15) is 11.1 Å². The Labute approximate surface area is 266 Å². The van der Waals surface area contributed by atoms with Crippen LogP contribution in [-0.2, 0) is 31.0 Å². The van der Waals surface area contributed by atoms with Crippen molar-refractivity contribution >= 4 is 29.0 Å². The first kappa shape index (κ1) is 31.9. The second kappa shape index (κ2) is 12.9. The van der Waals surface area contributed by atoms with Crippen molar-refractivity contribution in [2.24, 2.45) is 20.0 Å². The van der Waals surface area contributed by atoms with Gasteiger partial charge in [-0.2, -0.15) is 0 Å². The Morgan fingerprint density at radius 3 is 2.58 bits per heavy atom. The smallest absolute Gasteiger partial charge is 0.330 e. The molecule has 1 aliphatic carbocycles. The number of hydrogen-bond acceptors (Lipinski definition) is 7. The van der Waals surface area contributed by atoms with Crippen molar-refractivity contribution in [3.63, 3.8) is 0 Å². The fourth-order valence-corrected chi connectivity index (χ4v) is 6.33. The van der Waals surface area contributed by atoms with Crippen LogP contribution >= 0.6 is 11.6 Å². The number of allylic oxidation sites excluding steroid dienone is 2. The van der Waals surface area contributed by atoms with Crippen LogP contribution in [0.4, 0.5) is 0 Å². The number of amides is 2. The standard InChI is InChI=1S/C33H37ClN6O5/c1-20-23(24-9-6-7-11-26(24)34)10-8-16-33(20,37-29(42)25-19-38(2)32(44)40(4)31(25)43)27-14-12-21(30(36-27)45-5)17-35-18-22-13-15-28(41)39(22)3/h6-12,14,16,19-20,22,35H,13,15,17-18H2,1-5H3,(H,37,42)/t20-,22?,33?/m0/s1. The molecule has 3 atom stereocenters. The van der Waals surface area contributed by atoms with Crippen LogP contribution in [0.1, 0.15) is 46.9 Å². The van der Waals surface area contributed by atoms with E-state index in [9.17, 15) is 19.2 Å². The number of carbonyl (C=O) groups is 2. The molecule has 11 nitrogen and oxygen atoms in total. The third-order valence-corrected chi connectivity index (χ3v) is 9.19. The van der Waals surface area contributed by atoms with Crippen molar-refractivity contribution in [3.8, 4) is 5.88 Å². The van der Waals surface area contributed by atoms with Gasteiger partial charge in [0.05, 0.1) is 12.8 Å². The van der Waals surface area contributed by atoms with Crippen LogP contribution in [0.2, 0.25) is 5.02 Å². The summed E-state index contributed by atoms with van der Waals surface area (Å²) in [5.41, 5.74) is 0.290. The van der Waals surface area contributed by atoms with E-state index >= 15 is 0 Å². The number of aryl methyl sites for hydroxylation is 1. The molecule has 3 aromatic rings. The molecular weight excluding hydrogens is 596 g/mol. The molecule has 0 saturated carbocycles. The summed E-state index contributed by atoms with van der Waals surface area (Å²) in [7, 11) is 6.17. The average molecular weight is 633 g/mol. The lowest BCUT2D eigenvalue weighted by molar-refractivity contribution is -0.127. The average Bonchev–Trinajstić information content (AvgIpc) is 3.35. The van der Waals surface area contributed by atoms with Crippen LogP contribution in [0.15, 0.2) is 70.4 Å². The van der Waals surface area contributed by atoms with Gasteiger partial charge in [-0.15, -0.1) is 0 Å². The first-order chi connectivity index (χ1) is 21.5. The van der Waals surface area contributed by atoms with Gasteiger partial charge >= 0.3 is 5.69 Å². The van der Waals surface area contributed by atoms with Gasteiger partial charge in [0, 0.05) is 69.4 Å². The summed E-state index contributed by atoms with van der Waals surface area (Å²) in [6.45, 7) is 3.05. The summed E-state index contributed by atoms with van der Waals surface area (Å²) in [5.74, 6) is -0.547. The zero-order chi connectivity index (χ0) is 32.5. The number of halogens is 1. The molecule has 3 heterocycles. The van der Waals surface area contributed by atoms with Gasteiger partial charge in [-0.25, -0.2) is 9.78 Å². The van der Waals surface area contributed by atoms with Crippen molar-refractivity contribution in [1.82, 2.24) is 29.7 Å². The maximum absolute atomic E-state index is 13.9. The molecule has 0 radical (unpaired) electrons. The lowest BCUT2D eigenvalue weighted by atomic mass is 9.72. The molecule has 2 amide bonds. The van der Waals surface area contributed by atoms with Crippen molar-refractivity contribution in [2.45, 2.75) is 37.9 Å². The van der Waals surface area contributed by atoms with Crippen molar-refractivity contribution in [2.75, 3.05) is 20.7 Å². The maximum atomic E-state index is 13.9. The van der Waals surface area contributed by atoms with E-state index in [1.54, 1.807) is 11.0 Å². The largest absolute Gasteiger partial charge is 0.481 e. The number of nitrogens with zero attached hydrogens (tertiary/aromatic N) is 4. The van der Waals surface area contributed by atoms with E-state index in [-0.39, 0.29) is 17.5 Å². The number of hydrogen-bond donors (Lipinski definition) is 2. The Kier molecular flexibility index (Phi) is 9.13. The van der Waals surface area contributed by atoms with Crippen LogP contribution in [0.25, 0.3) is 5.57 Å². The van der Waals surface area contributed by atoms with Crippen molar-refractivity contribution in [1.29, 1.82) is 0 Å². The van der Waals surface area contributed by atoms with Gasteiger partial charge in [-0.3, -0.25) is 19.0 Å². The Morgan fingerprint density at radius 1 is 1.13 bits per heavy atom. The number of ether oxygens (including phenoxy) is 1. The van der Waals surface area contributed by atoms with Crippen molar-refractivity contribution in [3.05, 3.63) is 109 Å². The van der Waals surface area contributed by atoms with Gasteiger partial charge < -0.3 is 24.8 Å². The van der Waals surface area contributed by atoms with Crippen molar-refractivity contribution < 1.29 is 14.3 Å². The number of methoxy groups -OCH3 is 1. The summed E-state index contributed by atoms with van der Waals surface area (Å²) < 4.78 is 7.82. The third-order valence-electron chi connectivity index (χ3n) is 8.86. The molecule has 5 rings (SSSR count). The van der Waals surface area contributed by atoms with Crippen LogP contribution in [0.5, 0.6) is 5.88 Å². The Balaban J connectivity index is 1.53. The van der Waals surface area contributed by atoms with E-state index in [2.05, 4.69) is 10.6 Å². The normalized spacial score (nSPS) is 21.2. The zero-order valence-corrected chi connectivity index (χ0v) is 26.7. The number of rotatable bonds is 9. The van der Waals surface area contributed by atoms with Gasteiger partial charge in [-0.1, -0.05) is 61.0 Å². The van der Waals surface area contributed by atoms with Gasteiger partial charge in [0.25, 0.3) is 11.5 Å². The molecule has 1 aromatic carbocycles.